The molecule has 0 aliphatic rings. The van der Waals surface area contributed by atoms with E-state index in [9.17, 15) is 0 Å². The van der Waals surface area contributed by atoms with E-state index in [1.165, 1.54) is 5.69 Å². The molecule has 0 aliphatic heterocycles. The third-order valence-corrected chi connectivity index (χ3v) is 4.13. The Morgan fingerprint density at radius 3 is 2.37 bits per heavy atom. The first-order valence-electron chi connectivity index (χ1n) is 7.31. The topological polar surface area (TPSA) is 29.9 Å². The standard InChI is InChI=1S/C15H28ClN3/c1-7-19-14(15(16)12(6)18-19)8-13(10(2)3)9-17-11(4)5/h10-11,13,17H,7-9H2,1-6H3. The van der Waals surface area contributed by atoms with Gasteiger partial charge in [0.05, 0.1) is 16.4 Å². The number of rotatable bonds is 7. The normalized spacial score (nSPS) is 13.5. The van der Waals surface area contributed by atoms with Crippen molar-refractivity contribution >= 4 is 11.6 Å². The summed E-state index contributed by atoms with van der Waals surface area (Å²) in [5.41, 5.74) is 2.13. The lowest BCUT2D eigenvalue weighted by molar-refractivity contribution is 0.341. The predicted molar refractivity (Wildman–Crippen MR) is 82.8 cm³/mol. The largest absolute Gasteiger partial charge is 0.314 e. The van der Waals surface area contributed by atoms with Gasteiger partial charge in [0, 0.05) is 12.6 Å². The molecule has 0 radical (unpaired) electrons. The zero-order valence-corrected chi connectivity index (χ0v) is 13.9. The highest BCUT2D eigenvalue weighted by molar-refractivity contribution is 6.31. The Labute approximate surface area is 122 Å². The lowest BCUT2D eigenvalue weighted by Crippen LogP contribution is -2.32. The third-order valence-electron chi connectivity index (χ3n) is 3.64. The Morgan fingerprint density at radius 2 is 1.89 bits per heavy atom. The number of nitrogens with one attached hydrogen (secondary N) is 1. The molecule has 1 N–H and O–H groups in total. The fourth-order valence-electron chi connectivity index (χ4n) is 2.24. The second-order valence-corrected chi connectivity index (χ2v) is 6.31. The van der Waals surface area contributed by atoms with Crippen LogP contribution in [0.2, 0.25) is 5.02 Å². The maximum atomic E-state index is 6.40. The summed E-state index contributed by atoms with van der Waals surface area (Å²) in [5.74, 6) is 1.21. The molecule has 110 valence electrons. The number of hydrogen-bond acceptors (Lipinski definition) is 2. The van der Waals surface area contributed by atoms with Crippen molar-refractivity contribution in [2.75, 3.05) is 6.54 Å². The molecule has 1 atom stereocenters. The van der Waals surface area contributed by atoms with Gasteiger partial charge in [-0.15, -0.1) is 0 Å². The Hall–Kier alpha value is -0.540. The van der Waals surface area contributed by atoms with Crippen LogP contribution < -0.4 is 5.32 Å². The molecule has 1 aromatic rings. The van der Waals surface area contributed by atoms with E-state index in [2.05, 4.69) is 45.0 Å². The Morgan fingerprint density at radius 1 is 1.26 bits per heavy atom. The van der Waals surface area contributed by atoms with E-state index >= 15 is 0 Å². The maximum absolute atomic E-state index is 6.40. The Bertz CT molecular complexity index is 396. The Balaban J connectivity index is 2.84. The molecule has 1 aromatic heterocycles. The van der Waals surface area contributed by atoms with Crippen LogP contribution >= 0.6 is 11.6 Å². The molecule has 1 unspecified atom stereocenters. The lowest BCUT2D eigenvalue weighted by atomic mass is 9.90. The van der Waals surface area contributed by atoms with E-state index in [0.717, 1.165) is 30.2 Å². The van der Waals surface area contributed by atoms with Gasteiger partial charge >= 0.3 is 0 Å². The van der Waals surface area contributed by atoms with Crippen LogP contribution in [0.4, 0.5) is 0 Å². The van der Waals surface area contributed by atoms with Gasteiger partial charge in [-0.1, -0.05) is 39.3 Å². The minimum atomic E-state index is 0.523. The summed E-state index contributed by atoms with van der Waals surface area (Å²) in [5, 5.41) is 8.88. The van der Waals surface area contributed by atoms with E-state index in [1.54, 1.807) is 0 Å². The van der Waals surface area contributed by atoms with E-state index in [1.807, 2.05) is 11.6 Å². The molecule has 3 nitrogen and oxygen atoms in total. The smallest absolute Gasteiger partial charge is 0.0847 e. The third kappa shape index (κ3) is 4.50. The van der Waals surface area contributed by atoms with Gasteiger partial charge in [-0.25, -0.2) is 0 Å². The molecular formula is C15H28ClN3. The number of halogens is 1. The summed E-state index contributed by atoms with van der Waals surface area (Å²) >= 11 is 6.40. The SMILES string of the molecule is CCn1nc(C)c(Cl)c1CC(CNC(C)C)C(C)C. The summed E-state index contributed by atoms with van der Waals surface area (Å²) in [6.45, 7) is 14.9. The number of nitrogens with zero attached hydrogens (tertiary/aromatic N) is 2. The van der Waals surface area contributed by atoms with E-state index in [0.29, 0.717) is 17.9 Å². The molecule has 0 fully saturated rings. The minimum absolute atomic E-state index is 0.523. The van der Waals surface area contributed by atoms with Gasteiger partial charge in [0.2, 0.25) is 0 Å². The molecule has 0 saturated heterocycles. The summed E-state index contributed by atoms with van der Waals surface area (Å²) < 4.78 is 2.04. The van der Waals surface area contributed by atoms with Crippen LogP contribution in [-0.2, 0) is 13.0 Å². The van der Waals surface area contributed by atoms with Gasteiger partial charge in [0.25, 0.3) is 0 Å². The predicted octanol–water partition coefficient (Wildman–Crippen LogP) is 3.68. The summed E-state index contributed by atoms with van der Waals surface area (Å²) in [6.07, 6.45) is 0.991. The van der Waals surface area contributed by atoms with Crippen molar-refractivity contribution in [2.45, 2.75) is 60.5 Å². The van der Waals surface area contributed by atoms with Crippen LogP contribution in [0.5, 0.6) is 0 Å². The zero-order valence-electron chi connectivity index (χ0n) is 13.1. The van der Waals surface area contributed by atoms with Gasteiger partial charge < -0.3 is 5.32 Å². The van der Waals surface area contributed by atoms with Crippen LogP contribution in [0.1, 0.15) is 46.0 Å². The van der Waals surface area contributed by atoms with Crippen LogP contribution in [0.3, 0.4) is 0 Å². The molecule has 0 amide bonds. The molecule has 0 spiro atoms. The first kappa shape index (κ1) is 16.5. The number of hydrogen-bond donors (Lipinski definition) is 1. The summed E-state index contributed by atoms with van der Waals surface area (Å²) in [4.78, 5) is 0. The first-order valence-corrected chi connectivity index (χ1v) is 7.69. The number of aryl methyl sites for hydroxylation is 2. The Kier molecular flexibility index (Phi) is 6.34. The highest BCUT2D eigenvalue weighted by atomic mass is 35.5. The van der Waals surface area contributed by atoms with Crippen molar-refractivity contribution in [3.63, 3.8) is 0 Å². The van der Waals surface area contributed by atoms with Crippen molar-refractivity contribution in [1.82, 2.24) is 15.1 Å². The summed E-state index contributed by atoms with van der Waals surface area (Å²) in [7, 11) is 0. The fourth-order valence-corrected chi connectivity index (χ4v) is 2.46. The van der Waals surface area contributed by atoms with Crippen molar-refractivity contribution in [2.24, 2.45) is 11.8 Å². The van der Waals surface area contributed by atoms with Gasteiger partial charge in [-0.05, 0) is 38.6 Å². The molecule has 0 aromatic carbocycles. The molecule has 19 heavy (non-hydrogen) atoms. The van der Waals surface area contributed by atoms with E-state index < -0.39 is 0 Å². The second-order valence-electron chi connectivity index (χ2n) is 5.93. The van der Waals surface area contributed by atoms with Crippen LogP contribution in [-0.4, -0.2) is 22.4 Å². The quantitative estimate of drug-likeness (QED) is 0.828. The highest BCUT2D eigenvalue weighted by Gasteiger charge is 2.20. The maximum Gasteiger partial charge on any atom is 0.0847 e. The average molecular weight is 286 g/mol. The van der Waals surface area contributed by atoms with Gasteiger partial charge in [0.1, 0.15) is 0 Å². The minimum Gasteiger partial charge on any atom is -0.314 e. The molecule has 0 aliphatic carbocycles. The molecule has 0 saturated carbocycles. The molecule has 1 heterocycles. The van der Waals surface area contributed by atoms with Crippen molar-refractivity contribution in [1.29, 1.82) is 0 Å². The number of aromatic nitrogens is 2. The van der Waals surface area contributed by atoms with E-state index in [-0.39, 0.29) is 0 Å². The fraction of sp³-hybridized carbons (Fsp3) is 0.800. The molecular weight excluding hydrogens is 258 g/mol. The van der Waals surface area contributed by atoms with Gasteiger partial charge in [-0.3, -0.25) is 4.68 Å². The average Bonchev–Trinajstić information content (AvgIpc) is 2.60. The molecule has 0 bridgehead atoms. The second kappa shape index (κ2) is 7.30. The van der Waals surface area contributed by atoms with Crippen molar-refractivity contribution in [3.8, 4) is 0 Å². The molecule has 4 heteroatoms. The van der Waals surface area contributed by atoms with Gasteiger partial charge in [-0.2, -0.15) is 5.10 Å². The van der Waals surface area contributed by atoms with Crippen LogP contribution in [0, 0.1) is 18.8 Å². The lowest BCUT2D eigenvalue weighted by Gasteiger charge is -2.23. The first-order chi connectivity index (χ1) is 8.86. The van der Waals surface area contributed by atoms with Crippen molar-refractivity contribution < 1.29 is 0 Å². The van der Waals surface area contributed by atoms with Crippen LogP contribution in [0.15, 0.2) is 0 Å². The van der Waals surface area contributed by atoms with Crippen LogP contribution in [0.25, 0.3) is 0 Å². The zero-order chi connectivity index (χ0) is 14.6. The monoisotopic (exact) mass is 285 g/mol. The van der Waals surface area contributed by atoms with Crippen molar-refractivity contribution in [3.05, 3.63) is 16.4 Å². The summed E-state index contributed by atoms with van der Waals surface area (Å²) in [6, 6.07) is 0.523. The van der Waals surface area contributed by atoms with Gasteiger partial charge in [0.15, 0.2) is 0 Å². The highest BCUT2D eigenvalue weighted by Crippen LogP contribution is 2.25. The van der Waals surface area contributed by atoms with E-state index in [4.69, 9.17) is 11.6 Å². The molecule has 1 rings (SSSR count).